The highest BCUT2D eigenvalue weighted by molar-refractivity contribution is 6.30. The lowest BCUT2D eigenvalue weighted by Crippen LogP contribution is -2.53. The standard InChI is InChI=1S/C30H32ClN3O4/c31-25-14-9-12-23(18-25)21-33(29(35)20-24-13-7-8-17-27(24)34(37)38)28(19-22-10-3-1-4-11-22)30(36)32-26-15-5-2-6-16-26/h1,3-4,7-14,17-18,26,28H,2,5-6,15-16,19-21H2,(H,32,36). The summed E-state index contributed by atoms with van der Waals surface area (Å²) in [6.45, 7) is 0.148. The van der Waals surface area contributed by atoms with Gasteiger partial charge in [0.1, 0.15) is 6.04 Å². The van der Waals surface area contributed by atoms with Crippen molar-refractivity contribution in [3.05, 3.63) is 111 Å². The van der Waals surface area contributed by atoms with Gasteiger partial charge in [0.2, 0.25) is 11.8 Å². The molecule has 8 heteroatoms. The zero-order valence-corrected chi connectivity index (χ0v) is 22.0. The van der Waals surface area contributed by atoms with Gasteiger partial charge in [-0.1, -0.05) is 91.5 Å². The summed E-state index contributed by atoms with van der Waals surface area (Å²) >= 11 is 6.24. The molecule has 1 unspecified atom stereocenters. The molecule has 4 rings (SSSR count). The Morgan fingerprint density at radius 3 is 2.34 bits per heavy atom. The van der Waals surface area contributed by atoms with Gasteiger partial charge in [0.25, 0.3) is 5.69 Å². The summed E-state index contributed by atoms with van der Waals surface area (Å²) in [6, 6.07) is 22.3. The Morgan fingerprint density at radius 2 is 1.63 bits per heavy atom. The fraction of sp³-hybridized carbons (Fsp3) is 0.333. The van der Waals surface area contributed by atoms with E-state index >= 15 is 0 Å². The smallest absolute Gasteiger partial charge is 0.273 e. The number of para-hydroxylation sites is 1. The molecule has 1 aliphatic rings. The SMILES string of the molecule is O=C(NC1CCCCC1)C(Cc1ccccc1)N(Cc1cccc(Cl)c1)C(=O)Cc1ccccc1[N+](=O)[O-]. The minimum absolute atomic E-state index is 0.0767. The molecule has 1 N–H and O–H groups in total. The number of nitrogens with one attached hydrogen (secondary N) is 1. The van der Waals surface area contributed by atoms with Crippen molar-refractivity contribution in [2.24, 2.45) is 0 Å². The van der Waals surface area contributed by atoms with Crippen LogP contribution in [-0.2, 0) is 29.0 Å². The third kappa shape index (κ3) is 7.42. The van der Waals surface area contributed by atoms with Crippen LogP contribution >= 0.6 is 11.6 Å². The number of rotatable bonds is 10. The Hall–Kier alpha value is -3.71. The van der Waals surface area contributed by atoms with E-state index in [2.05, 4.69) is 5.32 Å². The fourth-order valence-electron chi connectivity index (χ4n) is 5.03. The van der Waals surface area contributed by atoms with Crippen LogP contribution < -0.4 is 5.32 Å². The number of hydrogen-bond donors (Lipinski definition) is 1. The number of nitro benzene ring substituents is 1. The lowest BCUT2D eigenvalue weighted by molar-refractivity contribution is -0.385. The van der Waals surface area contributed by atoms with Gasteiger partial charge in [-0.25, -0.2) is 0 Å². The summed E-state index contributed by atoms with van der Waals surface area (Å²) in [5.41, 5.74) is 1.89. The first-order chi connectivity index (χ1) is 18.4. The number of hydrogen-bond acceptors (Lipinski definition) is 4. The van der Waals surface area contributed by atoms with Crippen LogP contribution in [0.25, 0.3) is 0 Å². The summed E-state index contributed by atoms with van der Waals surface area (Å²) in [5.74, 6) is -0.572. The third-order valence-electron chi connectivity index (χ3n) is 6.99. The number of carbonyl (C=O) groups is 2. The summed E-state index contributed by atoms with van der Waals surface area (Å²) in [5, 5.41) is 15.3. The van der Waals surface area contributed by atoms with Crippen LogP contribution in [-0.4, -0.2) is 33.7 Å². The summed E-state index contributed by atoms with van der Waals surface area (Å²) in [6.07, 6.45) is 5.26. The molecule has 198 valence electrons. The molecule has 3 aromatic rings. The first kappa shape index (κ1) is 27.3. The van der Waals surface area contributed by atoms with Crippen LogP contribution in [0.15, 0.2) is 78.9 Å². The average Bonchev–Trinajstić information content (AvgIpc) is 2.92. The molecule has 7 nitrogen and oxygen atoms in total. The van der Waals surface area contributed by atoms with E-state index in [1.165, 1.54) is 6.07 Å². The van der Waals surface area contributed by atoms with Gasteiger partial charge in [0.15, 0.2) is 0 Å². The summed E-state index contributed by atoms with van der Waals surface area (Å²) in [7, 11) is 0. The molecular weight excluding hydrogens is 502 g/mol. The van der Waals surface area contributed by atoms with Crippen LogP contribution in [0.2, 0.25) is 5.02 Å². The van der Waals surface area contributed by atoms with Gasteiger partial charge in [-0.15, -0.1) is 0 Å². The second-order valence-corrected chi connectivity index (χ2v) is 10.2. The van der Waals surface area contributed by atoms with Gasteiger partial charge in [0.05, 0.1) is 11.3 Å². The summed E-state index contributed by atoms with van der Waals surface area (Å²) in [4.78, 5) is 40.4. The van der Waals surface area contributed by atoms with Crippen LogP contribution in [0.1, 0.15) is 48.8 Å². The predicted octanol–water partition coefficient (Wildman–Crippen LogP) is 5.88. The lowest BCUT2D eigenvalue weighted by atomic mass is 9.94. The molecule has 0 bridgehead atoms. The average molecular weight is 534 g/mol. The fourth-order valence-corrected chi connectivity index (χ4v) is 5.25. The normalized spacial score (nSPS) is 14.4. The highest BCUT2D eigenvalue weighted by atomic mass is 35.5. The van der Waals surface area contributed by atoms with E-state index in [1.807, 2.05) is 36.4 Å². The van der Waals surface area contributed by atoms with Crippen molar-refractivity contribution in [2.75, 3.05) is 0 Å². The molecule has 1 fully saturated rings. The Labute approximate surface area is 228 Å². The molecule has 0 aromatic heterocycles. The molecule has 1 aliphatic carbocycles. The van der Waals surface area contributed by atoms with E-state index in [-0.39, 0.29) is 36.5 Å². The van der Waals surface area contributed by atoms with Crippen molar-refractivity contribution in [3.8, 4) is 0 Å². The monoisotopic (exact) mass is 533 g/mol. The van der Waals surface area contributed by atoms with Crippen molar-refractivity contribution >= 4 is 29.1 Å². The van der Waals surface area contributed by atoms with Crippen LogP contribution in [0.4, 0.5) is 5.69 Å². The van der Waals surface area contributed by atoms with Crippen molar-refractivity contribution in [1.29, 1.82) is 0 Å². The van der Waals surface area contributed by atoms with Gasteiger partial charge in [-0.3, -0.25) is 19.7 Å². The Balaban J connectivity index is 1.69. The topological polar surface area (TPSA) is 92.6 Å². The largest absolute Gasteiger partial charge is 0.352 e. The van der Waals surface area contributed by atoms with E-state index in [0.29, 0.717) is 17.0 Å². The van der Waals surface area contributed by atoms with E-state index in [1.54, 1.807) is 41.3 Å². The maximum atomic E-state index is 13.9. The molecule has 38 heavy (non-hydrogen) atoms. The molecule has 0 spiro atoms. The zero-order valence-electron chi connectivity index (χ0n) is 21.2. The molecular formula is C30H32ClN3O4. The van der Waals surface area contributed by atoms with E-state index < -0.39 is 11.0 Å². The Bertz CT molecular complexity index is 1260. The molecule has 3 aromatic carbocycles. The van der Waals surface area contributed by atoms with Crippen LogP contribution in [0, 0.1) is 10.1 Å². The zero-order chi connectivity index (χ0) is 26.9. The highest BCUT2D eigenvalue weighted by Gasteiger charge is 2.32. The molecule has 0 saturated heterocycles. The molecule has 2 amide bonds. The number of amides is 2. The van der Waals surface area contributed by atoms with Gasteiger partial charge in [-0.05, 0) is 36.1 Å². The molecule has 0 heterocycles. The second-order valence-electron chi connectivity index (χ2n) is 9.76. The van der Waals surface area contributed by atoms with E-state index in [4.69, 9.17) is 11.6 Å². The van der Waals surface area contributed by atoms with Crippen molar-refractivity contribution < 1.29 is 14.5 Å². The van der Waals surface area contributed by atoms with Crippen molar-refractivity contribution in [3.63, 3.8) is 0 Å². The maximum Gasteiger partial charge on any atom is 0.273 e. The number of nitrogens with zero attached hydrogens (tertiary/aromatic N) is 2. The van der Waals surface area contributed by atoms with Gasteiger partial charge in [-0.2, -0.15) is 0 Å². The first-order valence-electron chi connectivity index (χ1n) is 13.0. The van der Waals surface area contributed by atoms with Crippen molar-refractivity contribution in [2.45, 2.75) is 63.6 Å². The first-order valence-corrected chi connectivity index (χ1v) is 13.4. The number of halogens is 1. The van der Waals surface area contributed by atoms with E-state index in [0.717, 1.165) is 43.2 Å². The van der Waals surface area contributed by atoms with Crippen molar-refractivity contribution in [1.82, 2.24) is 10.2 Å². The number of nitro groups is 1. The summed E-state index contributed by atoms with van der Waals surface area (Å²) < 4.78 is 0. The molecule has 0 aliphatic heterocycles. The van der Waals surface area contributed by atoms with Gasteiger partial charge in [0, 0.05) is 35.7 Å². The number of carbonyl (C=O) groups excluding carboxylic acids is 2. The second kappa shape index (κ2) is 13.2. The minimum atomic E-state index is -0.798. The molecule has 1 saturated carbocycles. The van der Waals surface area contributed by atoms with Gasteiger partial charge >= 0.3 is 0 Å². The molecule has 0 radical (unpaired) electrons. The Morgan fingerprint density at radius 1 is 0.947 bits per heavy atom. The quantitative estimate of drug-likeness (QED) is 0.260. The molecule has 1 atom stereocenters. The van der Waals surface area contributed by atoms with Gasteiger partial charge < -0.3 is 10.2 Å². The third-order valence-corrected chi connectivity index (χ3v) is 7.23. The van der Waals surface area contributed by atoms with E-state index in [9.17, 15) is 19.7 Å². The number of benzene rings is 3. The minimum Gasteiger partial charge on any atom is -0.352 e. The predicted molar refractivity (Wildman–Crippen MR) is 148 cm³/mol. The Kier molecular flexibility index (Phi) is 9.49. The van der Waals surface area contributed by atoms with Crippen LogP contribution in [0.5, 0.6) is 0 Å². The highest BCUT2D eigenvalue weighted by Crippen LogP contribution is 2.23. The maximum absolute atomic E-state index is 13.9. The lowest BCUT2D eigenvalue weighted by Gasteiger charge is -2.33. The van der Waals surface area contributed by atoms with Crippen LogP contribution in [0.3, 0.4) is 0 Å².